The van der Waals surface area contributed by atoms with E-state index < -0.39 is 0 Å². The van der Waals surface area contributed by atoms with E-state index >= 15 is 0 Å². The molecule has 0 atom stereocenters. The average Bonchev–Trinajstić information content (AvgIpc) is 3.23. The molecule has 0 saturated carbocycles. The number of methoxy groups -OCH3 is 1. The lowest BCUT2D eigenvalue weighted by Gasteiger charge is -2.08. The van der Waals surface area contributed by atoms with Crippen LogP contribution in [0.5, 0.6) is 0 Å². The Bertz CT molecular complexity index is 1180. The van der Waals surface area contributed by atoms with Gasteiger partial charge in [0, 0.05) is 24.6 Å². The highest BCUT2D eigenvalue weighted by Gasteiger charge is 2.12. The van der Waals surface area contributed by atoms with Crippen molar-refractivity contribution in [3.8, 4) is 11.1 Å². The molecule has 3 aromatic heterocycles. The predicted molar refractivity (Wildman–Crippen MR) is 109 cm³/mol. The lowest BCUT2D eigenvalue weighted by Crippen LogP contribution is -2.21. The van der Waals surface area contributed by atoms with Crippen LogP contribution in [0.2, 0.25) is 0 Å². The van der Waals surface area contributed by atoms with Crippen molar-refractivity contribution in [2.75, 3.05) is 12.4 Å². The van der Waals surface area contributed by atoms with Crippen molar-refractivity contribution in [3.63, 3.8) is 0 Å². The van der Waals surface area contributed by atoms with E-state index in [2.05, 4.69) is 20.5 Å². The minimum Gasteiger partial charge on any atom is -0.380 e. The van der Waals surface area contributed by atoms with Gasteiger partial charge in [-0.05, 0) is 43.2 Å². The molecule has 0 saturated heterocycles. The second-order valence-corrected chi connectivity index (χ2v) is 6.88. The lowest BCUT2D eigenvalue weighted by atomic mass is 10.0. The first-order valence-electron chi connectivity index (χ1n) is 9.28. The maximum atomic E-state index is 12.4. The summed E-state index contributed by atoms with van der Waals surface area (Å²) in [6.07, 6.45) is 1.90. The van der Waals surface area contributed by atoms with Crippen LogP contribution < -0.4 is 5.32 Å². The van der Waals surface area contributed by atoms with E-state index in [-0.39, 0.29) is 18.4 Å². The fourth-order valence-electron chi connectivity index (χ4n) is 3.31. The van der Waals surface area contributed by atoms with Crippen molar-refractivity contribution in [1.82, 2.24) is 24.4 Å². The van der Waals surface area contributed by atoms with Crippen LogP contribution in [0.1, 0.15) is 17.0 Å². The van der Waals surface area contributed by atoms with Gasteiger partial charge in [0.15, 0.2) is 5.65 Å². The fraction of sp³-hybridized carbons (Fsp3) is 0.238. The summed E-state index contributed by atoms with van der Waals surface area (Å²) in [5.74, 6) is 0.0385. The summed E-state index contributed by atoms with van der Waals surface area (Å²) >= 11 is 0. The van der Waals surface area contributed by atoms with Crippen LogP contribution >= 0.6 is 0 Å². The van der Waals surface area contributed by atoms with Crippen molar-refractivity contribution in [3.05, 3.63) is 65.6 Å². The van der Waals surface area contributed by atoms with E-state index in [0.29, 0.717) is 12.3 Å². The summed E-state index contributed by atoms with van der Waals surface area (Å²) in [6, 6.07) is 13.9. The number of pyridine rings is 1. The highest BCUT2D eigenvalue weighted by atomic mass is 16.5. The number of aryl methyl sites for hydroxylation is 2. The van der Waals surface area contributed by atoms with E-state index in [4.69, 9.17) is 4.74 Å². The number of fused-ring (bicyclic) bond motifs is 1. The quantitative estimate of drug-likeness (QED) is 0.547. The van der Waals surface area contributed by atoms with Gasteiger partial charge in [0.05, 0.1) is 12.3 Å². The third-order valence-electron chi connectivity index (χ3n) is 4.61. The van der Waals surface area contributed by atoms with Crippen LogP contribution in [0.25, 0.3) is 16.8 Å². The number of carbonyl (C=O) groups excluding carboxylic acids is 1. The highest BCUT2D eigenvalue weighted by Crippen LogP contribution is 2.24. The molecule has 3 heterocycles. The molecule has 0 spiro atoms. The third-order valence-corrected chi connectivity index (χ3v) is 4.61. The molecule has 8 heteroatoms. The zero-order valence-corrected chi connectivity index (χ0v) is 16.6. The molecule has 1 N–H and O–H groups in total. The third kappa shape index (κ3) is 4.02. The van der Waals surface area contributed by atoms with Crippen molar-refractivity contribution >= 4 is 17.5 Å². The van der Waals surface area contributed by atoms with E-state index in [9.17, 15) is 4.79 Å². The van der Waals surface area contributed by atoms with E-state index in [1.807, 2.05) is 62.5 Å². The lowest BCUT2D eigenvalue weighted by molar-refractivity contribution is -0.117. The standard InChI is InChI=1S/C21H22N6O2/c1-14-10-15(2)26(24-14)12-20(28)23-21-22-19-9-8-16(11-27(19)25-21)18-7-5-4-6-17(18)13-29-3/h4-11H,12-13H2,1-3H3,(H,23,25,28). The number of nitrogens with zero attached hydrogens (tertiary/aromatic N) is 5. The number of hydrogen-bond donors (Lipinski definition) is 1. The molecule has 1 amide bonds. The Kier molecular flexibility index (Phi) is 5.09. The summed E-state index contributed by atoms with van der Waals surface area (Å²) < 4.78 is 8.62. The molecule has 29 heavy (non-hydrogen) atoms. The fourth-order valence-corrected chi connectivity index (χ4v) is 3.31. The number of nitrogens with one attached hydrogen (secondary N) is 1. The number of amides is 1. The van der Waals surface area contributed by atoms with Crippen molar-refractivity contribution < 1.29 is 9.53 Å². The normalized spacial score (nSPS) is 11.1. The Morgan fingerprint density at radius 1 is 1.14 bits per heavy atom. The van der Waals surface area contributed by atoms with Gasteiger partial charge in [-0.3, -0.25) is 14.8 Å². The maximum absolute atomic E-state index is 12.4. The Balaban J connectivity index is 1.56. The zero-order chi connectivity index (χ0) is 20.4. The molecule has 0 aliphatic heterocycles. The molecule has 0 bridgehead atoms. The average molecular weight is 390 g/mol. The molecule has 8 nitrogen and oxygen atoms in total. The van der Waals surface area contributed by atoms with Crippen LogP contribution in [0, 0.1) is 13.8 Å². The highest BCUT2D eigenvalue weighted by molar-refractivity contribution is 5.89. The molecule has 4 rings (SSSR count). The smallest absolute Gasteiger partial charge is 0.249 e. The molecule has 0 unspecified atom stereocenters. The summed E-state index contributed by atoms with van der Waals surface area (Å²) in [5, 5.41) is 11.4. The van der Waals surface area contributed by atoms with Gasteiger partial charge in [0.2, 0.25) is 11.9 Å². The Labute approximate surface area is 168 Å². The number of aromatic nitrogens is 5. The Morgan fingerprint density at radius 2 is 1.97 bits per heavy atom. The first kappa shape index (κ1) is 18.8. The van der Waals surface area contributed by atoms with E-state index in [1.165, 1.54) is 0 Å². The monoisotopic (exact) mass is 390 g/mol. The van der Waals surface area contributed by atoms with Crippen LogP contribution in [0.3, 0.4) is 0 Å². The summed E-state index contributed by atoms with van der Waals surface area (Å²) in [6.45, 7) is 4.46. The van der Waals surface area contributed by atoms with Gasteiger partial charge in [-0.15, -0.1) is 5.10 Å². The van der Waals surface area contributed by atoms with E-state index in [1.54, 1.807) is 16.3 Å². The van der Waals surface area contributed by atoms with E-state index in [0.717, 1.165) is 28.1 Å². The van der Waals surface area contributed by atoms with Crippen molar-refractivity contribution in [2.24, 2.45) is 0 Å². The second kappa shape index (κ2) is 7.84. The Morgan fingerprint density at radius 3 is 2.72 bits per heavy atom. The van der Waals surface area contributed by atoms with Gasteiger partial charge in [-0.25, -0.2) is 4.52 Å². The second-order valence-electron chi connectivity index (χ2n) is 6.88. The Hall–Kier alpha value is -3.52. The zero-order valence-electron chi connectivity index (χ0n) is 16.6. The molecule has 1 aromatic carbocycles. The van der Waals surface area contributed by atoms with Crippen LogP contribution in [-0.2, 0) is 22.7 Å². The van der Waals surface area contributed by atoms with Gasteiger partial charge < -0.3 is 4.74 Å². The summed E-state index contributed by atoms with van der Waals surface area (Å²) in [5.41, 5.74) is 5.62. The summed E-state index contributed by atoms with van der Waals surface area (Å²) in [7, 11) is 1.68. The van der Waals surface area contributed by atoms with Crippen LogP contribution in [-0.4, -0.2) is 37.4 Å². The number of benzene rings is 1. The largest absolute Gasteiger partial charge is 0.380 e. The maximum Gasteiger partial charge on any atom is 0.249 e. The molecule has 0 fully saturated rings. The van der Waals surface area contributed by atoms with Gasteiger partial charge >= 0.3 is 0 Å². The molecule has 0 aliphatic rings. The van der Waals surface area contributed by atoms with Crippen molar-refractivity contribution in [2.45, 2.75) is 27.0 Å². The number of carbonyl (C=O) groups is 1. The number of rotatable bonds is 6. The number of anilines is 1. The van der Waals surface area contributed by atoms with Gasteiger partial charge in [0.1, 0.15) is 6.54 Å². The first-order valence-corrected chi connectivity index (χ1v) is 9.28. The van der Waals surface area contributed by atoms with Crippen LogP contribution in [0.4, 0.5) is 5.95 Å². The molecule has 0 radical (unpaired) electrons. The van der Waals surface area contributed by atoms with Gasteiger partial charge in [0.25, 0.3) is 0 Å². The minimum absolute atomic E-state index is 0.116. The van der Waals surface area contributed by atoms with Crippen LogP contribution in [0.15, 0.2) is 48.7 Å². The predicted octanol–water partition coefficient (Wildman–Crippen LogP) is 2.99. The number of ether oxygens (including phenoxy) is 1. The molecule has 148 valence electrons. The topological polar surface area (TPSA) is 86.3 Å². The first-order chi connectivity index (χ1) is 14.0. The SMILES string of the molecule is COCc1ccccc1-c1ccc2nc(NC(=O)Cn3nc(C)cc3C)nn2c1. The molecule has 4 aromatic rings. The number of hydrogen-bond acceptors (Lipinski definition) is 5. The summed E-state index contributed by atoms with van der Waals surface area (Å²) in [4.78, 5) is 16.7. The molecular weight excluding hydrogens is 368 g/mol. The van der Waals surface area contributed by atoms with Crippen molar-refractivity contribution in [1.29, 1.82) is 0 Å². The molecule has 0 aliphatic carbocycles. The van der Waals surface area contributed by atoms with Gasteiger partial charge in [-0.2, -0.15) is 10.1 Å². The van der Waals surface area contributed by atoms with Gasteiger partial charge in [-0.1, -0.05) is 24.3 Å². The molecular formula is C21H22N6O2. The minimum atomic E-state index is -0.224.